The standard InChI is InChI=1S/C8H10BNO4.CH3NO2/c10-8(11)14-5-6-1-3-7(4-2-6)9(12)13;2-1(3)4/h1-4,12-13H,5H2,(H2,10,11);2H2,(H,3,4). The maximum atomic E-state index is 10.3. The van der Waals surface area contributed by atoms with Gasteiger partial charge < -0.3 is 31.4 Å². The molecule has 18 heavy (non-hydrogen) atoms. The number of carboxylic acid groups (broad SMARTS) is 1. The Morgan fingerprint density at radius 1 is 1.17 bits per heavy atom. The number of amides is 2. The van der Waals surface area contributed by atoms with Crippen LogP contribution in [-0.2, 0) is 11.3 Å². The summed E-state index contributed by atoms with van der Waals surface area (Å²) < 4.78 is 4.54. The summed E-state index contributed by atoms with van der Waals surface area (Å²) in [5.41, 5.74) is 9.92. The number of hydrogen-bond donors (Lipinski definition) is 5. The Hall–Kier alpha value is -2.26. The summed E-state index contributed by atoms with van der Waals surface area (Å²) in [7, 11) is -1.49. The van der Waals surface area contributed by atoms with Gasteiger partial charge >= 0.3 is 19.3 Å². The Kier molecular flexibility index (Phi) is 6.93. The first kappa shape index (κ1) is 15.7. The van der Waals surface area contributed by atoms with Gasteiger partial charge in [-0.3, -0.25) is 0 Å². The lowest BCUT2D eigenvalue weighted by Gasteiger charge is -2.03. The molecule has 0 radical (unpaired) electrons. The third-order valence-corrected chi connectivity index (χ3v) is 1.66. The maximum Gasteiger partial charge on any atom is 0.488 e. The molecule has 0 unspecified atom stereocenters. The van der Waals surface area contributed by atoms with Crippen LogP contribution in [0.3, 0.4) is 0 Å². The van der Waals surface area contributed by atoms with Crippen molar-refractivity contribution in [3.8, 4) is 0 Å². The normalized spacial score (nSPS) is 8.78. The molecule has 8 nitrogen and oxygen atoms in total. The lowest BCUT2D eigenvalue weighted by molar-refractivity contribution is 0.150. The molecule has 0 spiro atoms. The van der Waals surface area contributed by atoms with Crippen molar-refractivity contribution in [3.05, 3.63) is 29.8 Å². The molecule has 0 fully saturated rings. The number of benzene rings is 1. The fourth-order valence-corrected chi connectivity index (χ4v) is 0.940. The monoisotopic (exact) mass is 256 g/mol. The van der Waals surface area contributed by atoms with Gasteiger partial charge in [-0.05, 0) is 11.0 Å². The molecule has 98 valence electrons. The molecule has 0 aliphatic rings. The molecular weight excluding hydrogens is 243 g/mol. The highest BCUT2D eigenvalue weighted by atomic mass is 16.5. The van der Waals surface area contributed by atoms with E-state index in [1.807, 2.05) is 0 Å². The molecule has 0 heterocycles. The first-order chi connectivity index (χ1) is 8.32. The maximum absolute atomic E-state index is 10.3. The zero-order chi connectivity index (χ0) is 14.1. The molecule has 1 rings (SSSR count). The molecule has 0 saturated heterocycles. The molecule has 0 aromatic heterocycles. The third-order valence-electron chi connectivity index (χ3n) is 1.66. The lowest BCUT2D eigenvalue weighted by Crippen LogP contribution is -2.29. The molecule has 7 N–H and O–H groups in total. The minimum Gasteiger partial charge on any atom is -0.465 e. The van der Waals surface area contributed by atoms with Crippen LogP contribution in [0.5, 0.6) is 0 Å². The Morgan fingerprint density at radius 2 is 1.61 bits per heavy atom. The number of carbonyl (C=O) groups is 2. The molecule has 0 aliphatic heterocycles. The van der Waals surface area contributed by atoms with E-state index in [0.29, 0.717) is 5.46 Å². The van der Waals surface area contributed by atoms with Crippen molar-refractivity contribution in [3.63, 3.8) is 0 Å². The van der Waals surface area contributed by atoms with Crippen LogP contribution in [0, 0.1) is 0 Å². The number of nitrogens with two attached hydrogens (primary N) is 2. The van der Waals surface area contributed by atoms with Gasteiger partial charge in [0.05, 0.1) is 0 Å². The van der Waals surface area contributed by atoms with Gasteiger partial charge in [0.1, 0.15) is 6.61 Å². The fourth-order valence-electron chi connectivity index (χ4n) is 0.940. The van der Waals surface area contributed by atoms with E-state index in [0.717, 1.165) is 5.56 Å². The highest BCUT2D eigenvalue weighted by Gasteiger charge is 2.09. The van der Waals surface area contributed by atoms with Crippen molar-refractivity contribution in [1.82, 2.24) is 0 Å². The smallest absolute Gasteiger partial charge is 0.465 e. The molecule has 9 heteroatoms. The summed E-state index contributed by atoms with van der Waals surface area (Å²) >= 11 is 0. The van der Waals surface area contributed by atoms with Gasteiger partial charge in [0.2, 0.25) is 0 Å². The number of hydrogen-bond acceptors (Lipinski definition) is 5. The van der Waals surface area contributed by atoms with Gasteiger partial charge in [-0.1, -0.05) is 24.3 Å². The number of primary amides is 2. The minimum atomic E-state index is -1.49. The molecule has 0 atom stereocenters. The predicted octanol–water partition coefficient (Wildman–Crippen LogP) is -1.42. The summed E-state index contributed by atoms with van der Waals surface area (Å²) in [6.07, 6.45) is -2.17. The fraction of sp³-hybridized carbons (Fsp3) is 0.111. The SMILES string of the molecule is NC(=O)O.NC(=O)OCc1ccc(B(O)O)cc1. The molecule has 0 saturated carbocycles. The second kappa shape index (κ2) is 7.93. The first-order valence-corrected chi connectivity index (χ1v) is 4.68. The molecule has 1 aromatic carbocycles. The van der Waals surface area contributed by atoms with E-state index in [2.05, 4.69) is 10.5 Å². The summed E-state index contributed by atoms with van der Waals surface area (Å²) in [6, 6.07) is 6.31. The number of ether oxygens (including phenoxy) is 1. The van der Waals surface area contributed by atoms with Gasteiger partial charge in [0, 0.05) is 0 Å². The van der Waals surface area contributed by atoms with Crippen LogP contribution in [0.2, 0.25) is 0 Å². The van der Waals surface area contributed by atoms with Crippen LogP contribution in [0.1, 0.15) is 5.56 Å². The van der Waals surface area contributed by atoms with Crippen LogP contribution < -0.4 is 16.9 Å². The summed E-state index contributed by atoms with van der Waals surface area (Å²) in [6.45, 7) is 0.0805. The van der Waals surface area contributed by atoms with Gasteiger partial charge in [-0.25, -0.2) is 9.59 Å². The van der Waals surface area contributed by atoms with Crippen molar-refractivity contribution in [2.75, 3.05) is 0 Å². The molecule has 0 bridgehead atoms. The summed E-state index contributed by atoms with van der Waals surface area (Å²) in [5, 5.41) is 24.8. The van der Waals surface area contributed by atoms with E-state index in [-0.39, 0.29) is 6.61 Å². The quantitative estimate of drug-likeness (QED) is 0.418. The Bertz CT molecular complexity index is 391. The van der Waals surface area contributed by atoms with Crippen molar-refractivity contribution in [1.29, 1.82) is 0 Å². The van der Waals surface area contributed by atoms with Crippen molar-refractivity contribution in [2.24, 2.45) is 11.5 Å². The van der Waals surface area contributed by atoms with E-state index < -0.39 is 19.3 Å². The summed E-state index contributed by atoms with van der Waals surface area (Å²) in [5.74, 6) is 0. The number of carbonyl (C=O) groups excluding carboxylic acids is 1. The number of rotatable bonds is 3. The van der Waals surface area contributed by atoms with Crippen molar-refractivity contribution >= 4 is 24.8 Å². The van der Waals surface area contributed by atoms with E-state index in [4.69, 9.17) is 25.7 Å². The predicted molar refractivity (Wildman–Crippen MR) is 62.9 cm³/mol. The van der Waals surface area contributed by atoms with Crippen LogP contribution in [0.4, 0.5) is 9.59 Å². The van der Waals surface area contributed by atoms with Crippen LogP contribution in [0.25, 0.3) is 0 Å². The summed E-state index contributed by atoms with van der Waals surface area (Å²) in [4.78, 5) is 19.0. The molecular formula is C9H13BN2O6. The van der Waals surface area contributed by atoms with E-state index >= 15 is 0 Å². The zero-order valence-electron chi connectivity index (χ0n) is 9.31. The Morgan fingerprint density at radius 3 is 1.94 bits per heavy atom. The van der Waals surface area contributed by atoms with Gasteiger partial charge in [-0.15, -0.1) is 0 Å². The topological polar surface area (TPSA) is 156 Å². The van der Waals surface area contributed by atoms with Gasteiger partial charge in [-0.2, -0.15) is 0 Å². The van der Waals surface area contributed by atoms with Gasteiger partial charge in [0.15, 0.2) is 0 Å². The molecule has 0 aliphatic carbocycles. The second-order valence-electron chi connectivity index (χ2n) is 3.06. The van der Waals surface area contributed by atoms with Crippen LogP contribution in [0.15, 0.2) is 24.3 Å². The Labute approximate surface area is 103 Å². The minimum absolute atomic E-state index is 0.0805. The molecule has 2 amide bonds. The zero-order valence-corrected chi connectivity index (χ0v) is 9.31. The average Bonchev–Trinajstić information content (AvgIpc) is 2.26. The first-order valence-electron chi connectivity index (χ1n) is 4.68. The lowest BCUT2D eigenvalue weighted by atomic mass is 9.80. The molecule has 1 aromatic rings. The second-order valence-corrected chi connectivity index (χ2v) is 3.06. The van der Waals surface area contributed by atoms with E-state index in [1.54, 1.807) is 12.1 Å². The largest absolute Gasteiger partial charge is 0.488 e. The average molecular weight is 256 g/mol. The van der Waals surface area contributed by atoms with Gasteiger partial charge in [0.25, 0.3) is 0 Å². The van der Waals surface area contributed by atoms with Crippen molar-refractivity contribution in [2.45, 2.75) is 6.61 Å². The highest BCUT2D eigenvalue weighted by molar-refractivity contribution is 6.58. The van der Waals surface area contributed by atoms with Crippen molar-refractivity contribution < 1.29 is 29.5 Å². The van der Waals surface area contributed by atoms with Crippen LogP contribution >= 0.6 is 0 Å². The van der Waals surface area contributed by atoms with E-state index in [1.165, 1.54) is 12.1 Å². The van der Waals surface area contributed by atoms with Crippen LogP contribution in [-0.4, -0.2) is 34.5 Å². The van der Waals surface area contributed by atoms with E-state index in [9.17, 15) is 4.79 Å². The highest BCUT2D eigenvalue weighted by Crippen LogP contribution is 1.99. The Balaban J connectivity index is 0.000000631. The third kappa shape index (κ3) is 7.96.